The molecule has 0 aliphatic carbocycles. The molecule has 1 aromatic rings. The first-order valence-electron chi connectivity index (χ1n) is 6.46. The Morgan fingerprint density at radius 3 is 1.48 bits per heavy atom. The fourth-order valence-corrected chi connectivity index (χ4v) is 1.74. The van der Waals surface area contributed by atoms with Crippen LogP contribution in [0.1, 0.15) is 52.9 Å². The number of pyridine rings is 1. The Morgan fingerprint density at radius 2 is 1.19 bits per heavy atom. The van der Waals surface area contributed by atoms with Crippen molar-refractivity contribution in [1.29, 1.82) is 0 Å². The van der Waals surface area contributed by atoms with E-state index in [4.69, 9.17) is 0 Å². The first kappa shape index (κ1) is 25.6. The van der Waals surface area contributed by atoms with Gasteiger partial charge in [0.1, 0.15) is 0 Å². The third kappa shape index (κ3) is 9.31. The second kappa shape index (κ2) is 12.2. The molecule has 3 nitrogen and oxygen atoms in total. The second-order valence-electron chi connectivity index (χ2n) is 5.02. The van der Waals surface area contributed by atoms with Crippen molar-refractivity contribution in [2.75, 3.05) is 0 Å². The second-order valence-corrected chi connectivity index (χ2v) is 5.02. The van der Waals surface area contributed by atoms with Crippen LogP contribution in [0.3, 0.4) is 0 Å². The Hall–Kier alpha value is -0.346. The van der Waals surface area contributed by atoms with E-state index in [-0.39, 0.29) is 43.4 Å². The molecular formula is C15H23Cl2N3V. The van der Waals surface area contributed by atoms with Crippen LogP contribution in [0.25, 0.3) is 0 Å². The first-order valence-corrected chi connectivity index (χ1v) is 6.46. The number of aromatic nitrogens is 1. The summed E-state index contributed by atoms with van der Waals surface area (Å²) in [5.74, 6) is 0. The van der Waals surface area contributed by atoms with E-state index in [1.54, 1.807) is 0 Å². The SMILES string of the molecule is CC(=NC(C)C)c1cccc(C(C)=NC(C)C)n1.[Cl-].[Cl-].[V+2]. The molecule has 0 saturated carbocycles. The molecule has 117 valence electrons. The van der Waals surface area contributed by atoms with Crippen molar-refractivity contribution in [3.8, 4) is 0 Å². The molecule has 0 N–H and O–H groups in total. The Labute approximate surface area is 152 Å². The van der Waals surface area contributed by atoms with Gasteiger partial charge >= 0.3 is 18.6 Å². The zero-order chi connectivity index (χ0) is 13.7. The topological polar surface area (TPSA) is 37.6 Å². The Kier molecular flexibility index (Phi) is 14.9. The van der Waals surface area contributed by atoms with Crippen LogP contribution in [-0.4, -0.2) is 28.5 Å². The molecule has 0 atom stereocenters. The fraction of sp³-hybridized carbons (Fsp3) is 0.533. The van der Waals surface area contributed by atoms with E-state index in [9.17, 15) is 0 Å². The number of aliphatic imine (C=N–C) groups is 2. The minimum Gasteiger partial charge on any atom is -1.00 e. The van der Waals surface area contributed by atoms with Gasteiger partial charge in [0.05, 0.1) is 22.8 Å². The van der Waals surface area contributed by atoms with E-state index >= 15 is 0 Å². The largest absolute Gasteiger partial charge is 2.00 e. The van der Waals surface area contributed by atoms with Gasteiger partial charge in [-0.15, -0.1) is 0 Å². The number of hydrogen-bond acceptors (Lipinski definition) is 3. The van der Waals surface area contributed by atoms with Crippen LogP contribution >= 0.6 is 0 Å². The maximum Gasteiger partial charge on any atom is 2.00 e. The molecule has 0 spiro atoms. The van der Waals surface area contributed by atoms with Crippen LogP contribution in [0.2, 0.25) is 0 Å². The quantitative estimate of drug-likeness (QED) is 0.544. The summed E-state index contributed by atoms with van der Waals surface area (Å²) < 4.78 is 0. The molecule has 0 amide bonds. The van der Waals surface area contributed by atoms with Crippen molar-refractivity contribution < 1.29 is 43.4 Å². The predicted molar refractivity (Wildman–Crippen MR) is 78.9 cm³/mol. The van der Waals surface area contributed by atoms with Gasteiger partial charge in [0, 0.05) is 12.1 Å². The molecule has 6 heteroatoms. The molecule has 0 aliphatic heterocycles. The molecular weight excluding hydrogens is 344 g/mol. The van der Waals surface area contributed by atoms with Crippen LogP contribution in [0.5, 0.6) is 0 Å². The van der Waals surface area contributed by atoms with E-state index in [0.717, 1.165) is 22.8 Å². The molecule has 0 fully saturated rings. The van der Waals surface area contributed by atoms with Gasteiger partial charge in [-0.1, -0.05) is 6.07 Å². The standard InChI is InChI=1S/C15H23N3.2ClH.V/c1-10(2)16-12(5)14-8-7-9-15(18-14)13(6)17-11(3)4;;;/h7-11H,1-6H3;2*1H;/q;;;+2/p-2. The summed E-state index contributed by atoms with van der Waals surface area (Å²) in [6.45, 7) is 12.3. The zero-order valence-electron chi connectivity index (χ0n) is 13.4. The van der Waals surface area contributed by atoms with Gasteiger partial charge in [-0.25, -0.2) is 4.98 Å². The number of halogens is 2. The van der Waals surface area contributed by atoms with Crippen molar-refractivity contribution in [2.45, 2.75) is 53.6 Å². The van der Waals surface area contributed by atoms with Gasteiger partial charge in [0.25, 0.3) is 0 Å². The Balaban J connectivity index is -0.00000108. The van der Waals surface area contributed by atoms with E-state index in [1.165, 1.54) is 0 Å². The average Bonchev–Trinajstić information content (AvgIpc) is 2.27. The van der Waals surface area contributed by atoms with Gasteiger partial charge in [0.2, 0.25) is 0 Å². The summed E-state index contributed by atoms with van der Waals surface area (Å²) in [7, 11) is 0. The van der Waals surface area contributed by atoms with E-state index < -0.39 is 0 Å². The Bertz CT molecular complexity index is 432. The number of rotatable bonds is 4. The average molecular weight is 367 g/mol. The monoisotopic (exact) mass is 366 g/mol. The molecule has 0 saturated heterocycles. The van der Waals surface area contributed by atoms with Crippen LogP contribution in [0.15, 0.2) is 28.2 Å². The molecule has 1 rings (SSSR count). The van der Waals surface area contributed by atoms with E-state index in [2.05, 4.69) is 42.7 Å². The summed E-state index contributed by atoms with van der Waals surface area (Å²) in [6.07, 6.45) is 0. The maximum atomic E-state index is 4.62. The van der Waals surface area contributed by atoms with Crippen molar-refractivity contribution in [1.82, 2.24) is 4.98 Å². The minimum atomic E-state index is 0. The molecule has 1 heterocycles. The van der Waals surface area contributed by atoms with Crippen molar-refractivity contribution >= 4 is 11.4 Å². The van der Waals surface area contributed by atoms with Gasteiger partial charge in [-0.3, -0.25) is 9.98 Å². The summed E-state index contributed by atoms with van der Waals surface area (Å²) in [6, 6.07) is 6.58. The molecule has 0 aromatic carbocycles. The van der Waals surface area contributed by atoms with Crippen molar-refractivity contribution in [3.05, 3.63) is 29.6 Å². The first-order chi connectivity index (χ1) is 8.40. The van der Waals surface area contributed by atoms with Gasteiger partial charge < -0.3 is 24.8 Å². The molecule has 0 bridgehead atoms. The zero-order valence-corrected chi connectivity index (χ0v) is 16.3. The van der Waals surface area contributed by atoms with Crippen LogP contribution in [0.4, 0.5) is 0 Å². The predicted octanol–water partition coefficient (Wildman–Crippen LogP) is -2.48. The molecule has 0 aliphatic rings. The normalized spacial score (nSPS) is 11.6. The molecule has 1 aromatic heterocycles. The molecule has 1 radical (unpaired) electrons. The van der Waals surface area contributed by atoms with Crippen LogP contribution < -0.4 is 24.8 Å². The molecule has 0 unspecified atom stereocenters. The van der Waals surface area contributed by atoms with Crippen molar-refractivity contribution in [3.63, 3.8) is 0 Å². The van der Waals surface area contributed by atoms with Crippen LogP contribution in [-0.2, 0) is 18.6 Å². The van der Waals surface area contributed by atoms with Gasteiger partial charge in [-0.05, 0) is 53.7 Å². The summed E-state index contributed by atoms with van der Waals surface area (Å²) in [5, 5.41) is 0. The van der Waals surface area contributed by atoms with Crippen LogP contribution in [0, 0.1) is 0 Å². The number of hydrogen-bond donors (Lipinski definition) is 0. The van der Waals surface area contributed by atoms with E-state index in [1.807, 2.05) is 32.0 Å². The summed E-state index contributed by atoms with van der Waals surface area (Å²) in [5.41, 5.74) is 3.81. The third-order valence-corrected chi connectivity index (χ3v) is 2.39. The minimum absolute atomic E-state index is 0. The Morgan fingerprint density at radius 1 is 0.857 bits per heavy atom. The molecule has 21 heavy (non-hydrogen) atoms. The van der Waals surface area contributed by atoms with E-state index in [0.29, 0.717) is 12.1 Å². The number of nitrogens with zero attached hydrogens (tertiary/aromatic N) is 3. The summed E-state index contributed by atoms with van der Waals surface area (Å²) >= 11 is 0. The van der Waals surface area contributed by atoms with Crippen molar-refractivity contribution in [2.24, 2.45) is 9.98 Å². The maximum absolute atomic E-state index is 4.62. The van der Waals surface area contributed by atoms with Gasteiger partial charge in [-0.2, -0.15) is 0 Å². The third-order valence-electron chi connectivity index (χ3n) is 2.39. The smallest absolute Gasteiger partial charge is 1.00 e. The fourth-order valence-electron chi connectivity index (χ4n) is 1.74. The summed E-state index contributed by atoms with van der Waals surface area (Å²) in [4.78, 5) is 13.7. The van der Waals surface area contributed by atoms with Gasteiger partial charge in [0.15, 0.2) is 0 Å².